The quantitative estimate of drug-likeness (QED) is 0.495. The van der Waals surface area contributed by atoms with Crippen LogP contribution in [0.3, 0.4) is 0 Å². The van der Waals surface area contributed by atoms with Crippen LogP contribution in [0.5, 0.6) is 5.75 Å². The minimum Gasteiger partial charge on any atom is -0.487 e. The zero-order valence-electron chi connectivity index (χ0n) is 15.7. The Labute approximate surface area is 175 Å². The van der Waals surface area contributed by atoms with Crippen LogP contribution in [0.2, 0.25) is 10.0 Å². The van der Waals surface area contributed by atoms with Crippen LogP contribution in [0.25, 0.3) is 0 Å². The first-order valence-corrected chi connectivity index (χ1v) is 9.88. The van der Waals surface area contributed by atoms with E-state index in [0.717, 1.165) is 16.7 Å². The lowest BCUT2D eigenvalue weighted by atomic mass is 10.1. The maximum atomic E-state index is 10.3. The first-order chi connectivity index (χ1) is 13.5. The van der Waals surface area contributed by atoms with Crippen LogP contribution >= 0.6 is 23.2 Å². The predicted molar refractivity (Wildman–Crippen MR) is 115 cm³/mol. The summed E-state index contributed by atoms with van der Waals surface area (Å²) in [6.07, 6.45) is -0.590. The molecule has 1 atom stereocenters. The van der Waals surface area contributed by atoms with Crippen molar-refractivity contribution in [3.05, 3.63) is 99.0 Å². The second-order valence-corrected chi connectivity index (χ2v) is 7.55. The molecule has 0 saturated carbocycles. The fraction of sp³-hybridized carbons (Fsp3) is 0.217. The monoisotopic (exact) mass is 415 g/mol. The molecule has 3 rings (SSSR count). The average molecular weight is 416 g/mol. The number of hydrogen-bond donors (Lipinski definition) is 2. The van der Waals surface area contributed by atoms with Gasteiger partial charge >= 0.3 is 0 Å². The van der Waals surface area contributed by atoms with Crippen LogP contribution in [0.1, 0.15) is 28.4 Å². The van der Waals surface area contributed by atoms with Gasteiger partial charge in [0.1, 0.15) is 12.4 Å². The molecule has 3 aromatic carbocycles. The number of rotatable bonds is 8. The summed E-state index contributed by atoms with van der Waals surface area (Å²) in [5, 5.41) is 14.6. The standard InChI is InChI=1S/C23H23Cl2NO2/c1-16-7-9-17(10-8-16)15-28-23-19(11-20(24)12-21(23)25)13-26-14-22(27)18-5-3-2-4-6-18/h2-12,22,26-27H,13-15H2,1H3/t22-/m0/s1. The summed E-state index contributed by atoms with van der Waals surface area (Å²) in [6, 6.07) is 21.2. The van der Waals surface area contributed by atoms with Crippen LogP contribution in [-0.4, -0.2) is 11.7 Å². The minimum absolute atomic E-state index is 0.408. The lowest BCUT2D eigenvalue weighted by molar-refractivity contribution is 0.174. The number of ether oxygens (including phenoxy) is 1. The number of benzene rings is 3. The normalized spacial score (nSPS) is 12.0. The maximum absolute atomic E-state index is 10.3. The van der Waals surface area contributed by atoms with Crippen molar-refractivity contribution in [2.75, 3.05) is 6.54 Å². The highest BCUT2D eigenvalue weighted by Gasteiger charge is 2.13. The van der Waals surface area contributed by atoms with Gasteiger partial charge in [-0.25, -0.2) is 0 Å². The predicted octanol–water partition coefficient (Wildman–Crippen LogP) is 5.70. The zero-order chi connectivity index (χ0) is 19.9. The molecule has 0 unspecified atom stereocenters. The summed E-state index contributed by atoms with van der Waals surface area (Å²) in [4.78, 5) is 0. The van der Waals surface area contributed by atoms with Crippen LogP contribution in [-0.2, 0) is 13.2 Å². The molecule has 3 aromatic rings. The molecule has 0 bridgehead atoms. The Kier molecular flexibility index (Phi) is 7.35. The van der Waals surface area contributed by atoms with E-state index in [2.05, 4.69) is 17.4 Å². The Bertz CT molecular complexity index is 898. The first kappa shape index (κ1) is 20.7. The van der Waals surface area contributed by atoms with Gasteiger partial charge in [-0.2, -0.15) is 0 Å². The number of halogens is 2. The molecule has 3 nitrogen and oxygen atoms in total. The highest BCUT2D eigenvalue weighted by molar-refractivity contribution is 6.35. The lowest BCUT2D eigenvalue weighted by Gasteiger charge is -2.16. The molecule has 2 N–H and O–H groups in total. The summed E-state index contributed by atoms with van der Waals surface area (Å²) in [5.74, 6) is 0.605. The van der Waals surface area contributed by atoms with Crippen LogP contribution < -0.4 is 10.1 Å². The molecular formula is C23H23Cl2NO2. The second kappa shape index (κ2) is 9.94. The highest BCUT2D eigenvalue weighted by atomic mass is 35.5. The fourth-order valence-corrected chi connectivity index (χ4v) is 3.47. The molecule has 0 aliphatic rings. The number of aryl methyl sites for hydroxylation is 1. The van der Waals surface area contributed by atoms with Gasteiger partial charge in [0.25, 0.3) is 0 Å². The van der Waals surface area contributed by atoms with E-state index in [0.29, 0.717) is 35.5 Å². The van der Waals surface area contributed by atoms with E-state index >= 15 is 0 Å². The van der Waals surface area contributed by atoms with E-state index in [1.54, 1.807) is 6.07 Å². The molecule has 0 aliphatic heterocycles. The van der Waals surface area contributed by atoms with E-state index in [1.807, 2.05) is 55.5 Å². The molecule has 0 saturated heterocycles. The number of aliphatic hydroxyl groups excluding tert-OH is 1. The molecule has 5 heteroatoms. The van der Waals surface area contributed by atoms with Gasteiger partial charge in [0.2, 0.25) is 0 Å². The smallest absolute Gasteiger partial charge is 0.142 e. The third-order valence-electron chi connectivity index (χ3n) is 4.43. The largest absolute Gasteiger partial charge is 0.487 e. The van der Waals surface area contributed by atoms with Gasteiger partial charge < -0.3 is 15.2 Å². The van der Waals surface area contributed by atoms with Crippen molar-refractivity contribution in [3.63, 3.8) is 0 Å². The number of hydrogen-bond acceptors (Lipinski definition) is 3. The number of aliphatic hydroxyl groups is 1. The Balaban J connectivity index is 1.65. The van der Waals surface area contributed by atoms with Crippen molar-refractivity contribution in [3.8, 4) is 5.75 Å². The average Bonchev–Trinajstić information content (AvgIpc) is 2.69. The second-order valence-electron chi connectivity index (χ2n) is 6.71. The minimum atomic E-state index is -0.590. The maximum Gasteiger partial charge on any atom is 0.142 e. The van der Waals surface area contributed by atoms with Crippen molar-refractivity contribution in [1.29, 1.82) is 0 Å². The molecule has 0 amide bonds. The molecule has 28 heavy (non-hydrogen) atoms. The van der Waals surface area contributed by atoms with E-state index in [1.165, 1.54) is 5.56 Å². The molecular weight excluding hydrogens is 393 g/mol. The van der Waals surface area contributed by atoms with Crippen LogP contribution in [0.15, 0.2) is 66.7 Å². The lowest BCUT2D eigenvalue weighted by Crippen LogP contribution is -2.21. The SMILES string of the molecule is Cc1ccc(COc2c(Cl)cc(Cl)cc2CNC[C@H](O)c2ccccc2)cc1. The summed E-state index contributed by atoms with van der Waals surface area (Å²) < 4.78 is 6.00. The van der Waals surface area contributed by atoms with Crippen molar-refractivity contribution in [2.24, 2.45) is 0 Å². The molecule has 0 radical (unpaired) electrons. The topological polar surface area (TPSA) is 41.5 Å². The number of nitrogens with one attached hydrogen (secondary N) is 1. The Morgan fingerprint density at radius 1 is 1.00 bits per heavy atom. The van der Waals surface area contributed by atoms with Crippen molar-refractivity contribution in [2.45, 2.75) is 26.2 Å². The summed E-state index contributed by atoms with van der Waals surface area (Å²) >= 11 is 12.6. The summed E-state index contributed by atoms with van der Waals surface area (Å²) in [6.45, 7) is 3.36. The van der Waals surface area contributed by atoms with Crippen molar-refractivity contribution in [1.82, 2.24) is 5.32 Å². The van der Waals surface area contributed by atoms with Gasteiger partial charge in [0.05, 0.1) is 11.1 Å². The Hall–Kier alpha value is -2.04. The molecule has 0 aromatic heterocycles. The van der Waals surface area contributed by atoms with E-state index in [-0.39, 0.29) is 0 Å². The third kappa shape index (κ3) is 5.73. The molecule has 0 fully saturated rings. The van der Waals surface area contributed by atoms with Gasteiger partial charge in [0.15, 0.2) is 0 Å². The molecule has 0 spiro atoms. The molecule has 0 aliphatic carbocycles. The van der Waals surface area contributed by atoms with Crippen LogP contribution in [0, 0.1) is 6.92 Å². The van der Waals surface area contributed by atoms with Gasteiger partial charge in [-0.05, 0) is 30.2 Å². The Morgan fingerprint density at radius 3 is 2.43 bits per heavy atom. The molecule has 146 valence electrons. The molecule has 0 heterocycles. The fourth-order valence-electron chi connectivity index (χ4n) is 2.88. The zero-order valence-corrected chi connectivity index (χ0v) is 17.2. The summed E-state index contributed by atoms with van der Waals surface area (Å²) in [7, 11) is 0. The third-order valence-corrected chi connectivity index (χ3v) is 4.93. The summed E-state index contributed by atoms with van der Waals surface area (Å²) in [5.41, 5.74) is 3.99. The first-order valence-electron chi connectivity index (χ1n) is 9.13. The highest BCUT2D eigenvalue weighted by Crippen LogP contribution is 2.33. The van der Waals surface area contributed by atoms with Crippen LogP contribution in [0.4, 0.5) is 0 Å². The van der Waals surface area contributed by atoms with Gasteiger partial charge in [-0.1, -0.05) is 83.4 Å². The van der Waals surface area contributed by atoms with Crippen molar-refractivity contribution < 1.29 is 9.84 Å². The van der Waals surface area contributed by atoms with E-state index in [9.17, 15) is 5.11 Å². The van der Waals surface area contributed by atoms with Gasteiger partial charge in [-0.15, -0.1) is 0 Å². The van der Waals surface area contributed by atoms with E-state index in [4.69, 9.17) is 27.9 Å². The van der Waals surface area contributed by atoms with Gasteiger partial charge in [0, 0.05) is 23.7 Å². The van der Waals surface area contributed by atoms with Crippen molar-refractivity contribution >= 4 is 23.2 Å². The van der Waals surface area contributed by atoms with E-state index < -0.39 is 6.10 Å². The Morgan fingerprint density at radius 2 is 1.71 bits per heavy atom. The van der Waals surface area contributed by atoms with Gasteiger partial charge in [-0.3, -0.25) is 0 Å².